The number of nitrogens with one attached hydrogen (secondary N) is 2. The van der Waals surface area contributed by atoms with Crippen molar-refractivity contribution in [1.82, 2.24) is 20.4 Å². The zero-order chi connectivity index (χ0) is 20.7. The van der Waals surface area contributed by atoms with E-state index in [-0.39, 0.29) is 29.4 Å². The van der Waals surface area contributed by atoms with Crippen molar-refractivity contribution in [3.63, 3.8) is 0 Å². The lowest BCUT2D eigenvalue weighted by atomic mass is 9.97. The number of aromatic nitrogens is 2. The van der Waals surface area contributed by atoms with Gasteiger partial charge in [0.25, 0.3) is 11.5 Å². The molecule has 3 aromatic rings. The molecule has 0 bridgehead atoms. The average molecular weight is 443 g/mol. The number of carbonyl (C=O) groups excluding carboxylic acids is 1. The second-order valence-corrected chi connectivity index (χ2v) is 8.29. The number of benzene rings is 2. The SMILES string of the molecule is Cl.O=C(c1cc(Cc2n[nH]c(=O)c3ccccc23)ccc1F)N1CC(CNC2CC2)C1. The molecule has 0 unspecified atom stereocenters. The van der Waals surface area contributed by atoms with Gasteiger partial charge in [-0.2, -0.15) is 5.10 Å². The highest BCUT2D eigenvalue weighted by Crippen LogP contribution is 2.24. The van der Waals surface area contributed by atoms with Gasteiger partial charge in [0.1, 0.15) is 5.82 Å². The first-order valence-corrected chi connectivity index (χ1v) is 10.4. The highest BCUT2D eigenvalue weighted by Gasteiger charge is 2.33. The molecule has 2 fully saturated rings. The average Bonchev–Trinajstić information content (AvgIpc) is 3.55. The lowest BCUT2D eigenvalue weighted by Crippen LogP contribution is -2.53. The largest absolute Gasteiger partial charge is 0.338 e. The predicted molar refractivity (Wildman–Crippen MR) is 119 cm³/mol. The molecule has 2 aromatic carbocycles. The summed E-state index contributed by atoms with van der Waals surface area (Å²) in [5, 5.41) is 11.5. The van der Waals surface area contributed by atoms with Crippen molar-refractivity contribution >= 4 is 29.1 Å². The van der Waals surface area contributed by atoms with Gasteiger partial charge in [0, 0.05) is 43.4 Å². The lowest BCUT2D eigenvalue weighted by molar-refractivity contribution is 0.0495. The molecule has 1 aliphatic carbocycles. The van der Waals surface area contributed by atoms with Crippen LogP contribution >= 0.6 is 12.4 Å². The zero-order valence-electron chi connectivity index (χ0n) is 16.9. The number of hydrogen-bond acceptors (Lipinski definition) is 4. The van der Waals surface area contributed by atoms with Crippen LogP contribution in [0.5, 0.6) is 0 Å². The molecule has 162 valence electrons. The summed E-state index contributed by atoms with van der Waals surface area (Å²) in [6.45, 7) is 2.24. The molecule has 5 rings (SSSR count). The monoisotopic (exact) mass is 442 g/mol. The van der Waals surface area contributed by atoms with Crippen LogP contribution in [-0.2, 0) is 6.42 Å². The molecular weight excluding hydrogens is 419 g/mol. The maximum Gasteiger partial charge on any atom is 0.272 e. The highest BCUT2D eigenvalue weighted by molar-refractivity contribution is 5.95. The van der Waals surface area contributed by atoms with Gasteiger partial charge in [0.05, 0.1) is 16.6 Å². The van der Waals surface area contributed by atoms with Crippen molar-refractivity contribution in [3.8, 4) is 0 Å². The normalized spacial score (nSPS) is 16.1. The maximum atomic E-state index is 14.4. The Balaban J connectivity index is 0.00000231. The first-order chi connectivity index (χ1) is 14.6. The molecule has 2 aliphatic rings. The third-order valence-corrected chi connectivity index (χ3v) is 5.92. The minimum absolute atomic E-state index is 0. The number of rotatable bonds is 6. The summed E-state index contributed by atoms with van der Waals surface area (Å²) in [4.78, 5) is 26.5. The van der Waals surface area contributed by atoms with E-state index < -0.39 is 5.82 Å². The van der Waals surface area contributed by atoms with E-state index in [9.17, 15) is 14.0 Å². The summed E-state index contributed by atoms with van der Waals surface area (Å²) in [5.41, 5.74) is 1.31. The number of nitrogens with zero attached hydrogens (tertiary/aromatic N) is 2. The van der Waals surface area contributed by atoms with Crippen LogP contribution in [0.1, 0.15) is 34.5 Å². The highest BCUT2D eigenvalue weighted by atomic mass is 35.5. The number of fused-ring (bicyclic) bond motifs is 1. The first kappa shape index (κ1) is 21.5. The summed E-state index contributed by atoms with van der Waals surface area (Å²) >= 11 is 0. The van der Waals surface area contributed by atoms with Gasteiger partial charge >= 0.3 is 0 Å². The van der Waals surface area contributed by atoms with E-state index in [0.717, 1.165) is 17.5 Å². The quantitative estimate of drug-likeness (QED) is 0.615. The van der Waals surface area contributed by atoms with Crippen molar-refractivity contribution in [3.05, 3.63) is 75.5 Å². The fourth-order valence-corrected chi connectivity index (χ4v) is 4.00. The van der Waals surface area contributed by atoms with Gasteiger partial charge < -0.3 is 10.2 Å². The Morgan fingerprint density at radius 3 is 2.65 bits per heavy atom. The molecule has 31 heavy (non-hydrogen) atoms. The summed E-state index contributed by atoms with van der Waals surface area (Å²) in [5.74, 6) is -0.337. The van der Waals surface area contributed by atoms with Crippen LogP contribution in [0.2, 0.25) is 0 Å². The molecule has 2 heterocycles. The standard InChI is InChI=1S/C23H23FN4O2.ClH/c24-20-8-5-14(10-21-17-3-1-2-4-18(17)22(29)27-26-21)9-19(20)23(30)28-12-15(13-28)11-25-16-6-7-16;/h1-5,8-9,15-16,25H,6-7,10-13H2,(H,27,29);1H. The van der Waals surface area contributed by atoms with E-state index in [2.05, 4.69) is 15.5 Å². The number of aromatic amines is 1. The molecule has 8 heteroatoms. The van der Waals surface area contributed by atoms with E-state index in [4.69, 9.17) is 0 Å². The molecule has 1 saturated heterocycles. The molecule has 1 saturated carbocycles. The Labute approximate surface area is 185 Å². The van der Waals surface area contributed by atoms with Gasteiger partial charge in [-0.15, -0.1) is 12.4 Å². The fourth-order valence-electron chi connectivity index (χ4n) is 4.00. The van der Waals surface area contributed by atoms with Gasteiger partial charge in [-0.25, -0.2) is 9.49 Å². The van der Waals surface area contributed by atoms with E-state index in [1.54, 1.807) is 29.2 Å². The van der Waals surface area contributed by atoms with Crippen LogP contribution in [0.25, 0.3) is 10.8 Å². The minimum Gasteiger partial charge on any atom is -0.338 e. The molecule has 0 radical (unpaired) electrons. The van der Waals surface area contributed by atoms with Crippen molar-refractivity contribution in [2.24, 2.45) is 5.92 Å². The second kappa shape index (κ2) is 8.77. The Morgan fingerprint density at radius 2 is 1.90 bits per heavy atom. The molecule has 6 nitrogen and oxygen atoms in total. The van der Waals surface area contributed by atoms with Crippen LogP contribution in [0, 0.1) is 11.7 Å². The lowest BCUT2D eigenvalue weighted by Gasteiger charge is -2.39. The number of hydrogen-bond donors (Lipinski definition) is 2. The Bertz CT molecular complexity index is 1170. The summed E-state index contributed by atoms with van der Waals surface area (Å²) in [6.07, 6.45) is 2.88. The molecule has 0 atom stereocenters. The topological polar surface area (TPSA) is 78.1 Å². The number of H-pyrrole nitrogens is 1. The molecule has 2 N–H and O–H groups in total. The van der Waals surface area contributed by atoms with E-state index in [1.807, 2.05) is 12.1 Å². The first-order valence-electron chi connectivity index (χ1n) is 10.4. The second-order valence-electron chi connectivity index (χ2n) is 8.29. The minimum atomic E-state index is -0.511. The van der Waals surface area contributed by atoms with E-state index in [0.29, 0.717) is 42.6 Å². The van der Waals surface area contributed by atoms with Crippen LogP contribution in [0.3, 0.4) is 0 Å². The fraction of sp³-hybridized carbons (Fsp3) is 0.348. The number of halogens is 2. The maximum absolute atomic E-state index is 14.4. The molecule has 1 amide bonds. The Kier molecular flexibility index (Phi) is 6.07. The van der Waals surface area contributed by atoms with Crippen LogP contribution in [0.4, 0.5) is 4.39 Å². The van der Waals surface area contributed by atoms with E-state index in [1.165, 1.54) is 18.9 Å². The Morgan fingerprint density at radius 1 is 1.16 bits per heavy atom. The third-order valence-electron chi connectivity index (χ3n) is 5.92. The van der Waals surface area contributed by atoms with Gasteiger partial charge in [-0.3, -0.25) is 9.59 Å². The van der Waals surface area contributed by atoms with Gasteiger partial charge in [0.2, 0.25) is 0 Å². The van der Waals surface area contributed by atoms with Crippen LogP contribution in [-0.4, -0.2) is 46.7 Å². The van der Waals surface area contributed by atoms with Crippen molar-refractivity contribution in [2.45, 2.75) is 25.3 Å². The van der Waals surface area contributed by atoms with Gasteiger partial charge in [-0.1, -0.05) is 24.3 Å². The van der Waals surface area contributed by atoms with Crippen molar-refractivity contribution < 1.29 is 9.18 Å². The predicted octanol–water partition coefficient (Wildman–Crippen LogP) is 2.90. The summed E-state index contributed by atoms with van der Waals surface area (Å²) in [7, 11) is 0. The van der Waals surface area contributed by atoms with Crippen LogP contribution < -0.4 is 10.9 Å². The molecule has 1 aromatic heterocycles. The summed E-state index contributed by atoms with van der Waals surface area (Å²) < 4.78 is 14.4. The van der Waals surface area contributed by atoms with Gasteiger partial charge in [-0.05, 0) is 36.6 Å². The molecular formula is C23H24ClFN4O2. The smallest absolute Gasteiger partial charge is 0.272 e. The van der Waals surface area contributed by atoms with Gasteiger partial charge in [0.15, 0.2) is 0 Å². The van der Waals surface area contributed by atoms with E-state index >= 15 is 0 Å². The number of carbonyl (C=O) groups is 1. The zero-order valence-corrected chi connectivity index (χ0v) is 17.8. The number of likely N-dealkylation sites (tertiary alicyclic amines) is 1. The van der Waals surface area contributed by atoms with Crippen molar-refractivity contribution in [2.75, 3.05) is 19.6 Å². The summed E-state index contributed by atoms with van der Waals surface area (Å²) in [6, 6.07) is 12.5. The number of amides is 1. The molecule has 0 spiro atoms. The van der Waals surface area contributed by atoms with Crippen molar-refractivity contribution in [1.29, 1.82) is 0 Å². The third kappa shape index (κ3) is 4.48. The Hall–Kier alpha value is -2.77. The molecule has 1 aliphatic heterocycles. The van der Waals surface area contributed by atoms with Crippen LogP contribution in [0.15, 0.2) is 47.3 Å².